The SMILES string of the molecule is CCCOc1ccc(C(=O)N2CCNC(=O)C2CC(=O)OCCOc2ccccc2)cc1Br. The van der Waals surface area contributed by atoms with Gasteiger partial charge >= 0.3 is 5.97 Å². The molecule has 0 aromatic heterocycles. The highest BCUT2D eigenvalue weighted by molar-refractivity contribution is 9.10. The van der Waals surface area contributed by atoms with Crippen LogP contribution in [0.3, 0.4) is 0 Å². The first-order valence-corrected chi connectivity index (χ1v) is 11.6. The number of hydrogen-bond acceptors (Lipinski definition) is 6. The van der Waals surface area contributed by atoms with Crippen molar-refractivity contribution in [1.82, 2.24) is 10.2 Å². The lowest BCUT2D eigenvalue weighted by Gasteiger charge is -2.34. The van der Waals surface area contributed by atoms with Crippen molar-refractivity contribution in [3.05, 3.63) is 58.6 Å². The average Bonchev–Trinajstić information content (AvgIpc) is 2.82. The number of amides is 2. The maximum atomic E-state index is 13.1. The van der Waals surface area contributed by atoms with Crippen LogP contribution < -0.4 is 14.8 Å². The second-order valence-electron chi connectivity index (χ2n) is 7.39. The van der Waals surface area contributed by atoms with E-state index in [4.69, 9.17) is 14.2 Å². The molecule has 0 aliphatic carbocycles. The number of carbonyl (C=O) groups excluding carboxylic acids is 3. The molecule has 1 atom stereocenters. The lowest BCUT2D eigenvalue weighted by Crippen LogP contribution is -2.57. The lowest BCUT2D eigenvalue weighted by molar-refractivity contribution is -0.148. The van der Waals surface area contributed by atoms with E-state index in [2.05, 4.69) is 21.2 Å². The third-order valence-corrected chi connectivity index (χ3v) is 5.57. The molecule has 33 heavy (non-hydrogen) atoms. The van der Waals surface area contributed by atoms with Gasteiger partial charge in [-0.3, -0.25) is 14.4 Å². The second-order valence-corrected chi connectivity index (χ2v) is 8.24. The summed E-state index contributed by atoms with van der Waals surface area (Å²) in [5.74, 6) is 0.0275. The fourth-order valence-corrected chi connectivity index (χ4v) is 3.83. The summed E-state index contributed by atoms with van der Waals surface area (Å²) in [6.07, 6.45) is 0.633. The Kier molecular flexibility index (Phi) is 9.12. The van der Waals surface area contributed by atoms with Crippen LogP contribution >= 0.6 is 15.9 Å². The van der Waals surface area contributed by atoms with Crippen LogP contribution in [0.25, 0.3) is 0 Å². The maximum absolute atomic E-state index is 13.1. The van der Waals surface area contributed by atoms with Gasteiger partial charge in [0.15, 0.2) is 0 Å². The Morgan fingerprint density at radius 2 is 1.88 bits per heavy atom. The highest BCUT2D eigenvalue weighted by atomic mass is 79.9. The Balaban J connectivity index is 1.58. The zero-order chi connectivity index (χ0) is 23.6. The van der Waals surface area contributed by atoms with E-state index in [-0.39, 0.29) is 31.4 Å². The number of nitrogens with zero attached hydrogens (tertiary/aromatic N) is 1. The minimum absolute atomic E-state index is 0.0438. The van der Waals surface area contributed by atoms with E-state index in [9.17, 15) is 14.4 Å². The minimum Gasteiger partial charge on any atom is -0.492 e. The monoisotopic (exact) mass is 518 g/mol. The van der Waals surface area contributed by atoms with Crippen molar-refractivity contribution in [2.45, 2.75) is 25.8 Å². The van der Waals surface area contributed by atoms with Gasteiger partial charge in [0.25, 0.3) is 5.91 Å². The molecule has 3 rings (SSSR count). The second kappa shape index (κ2) is 12.2. The van der Waals surface area contributed by atoms with E-state index >= 15 is 0 Å². The van der Waals surface area contributed by atoms with Crippen molar-refractivity contribution in [2.24, 2.45) is 0 Å². The largest absolute Gasteiger partial charge is 0.492 e. The van der Waals surface area contributed by atoms with Crippen molar-refractivity contribution >= 4 is 33.7 Å². The van der Waals surface area contributed by atoms with E-state index in [0.717, 1.165) is 6.42 Å². The molecule has 2 aromatic carbocycles. The zero-order valence-corrected chi connectivity index (χ0v) is 20.0. The minimum atomic E-state index is -0.941. The molecule has 176 valence electrons. The Hall–Kier alpha value is -3.07. The van der Waals surface area contributed by atoms with Crippen LogP contribution in [0.4, 0.5) is 0 Å². The first-order valence-electron chi connectivity index (χ1n) is 10.8. The number of nitrogens with one attached hydrogen (secondary N) is 1. The van der Waals surface area contributed by atoms with E-state index < -0.39 is 12.0 Å². The number of carbonyl (C=O) groups is 3. The Bertz CT molecular complexity index is 969. The molecule has 0 spiro atoms. The lowest BCUT2D eigenvalue weighted by atomic mass is 10.1. The van der Waals surface area contributed by atoms with Gasteiger partial charge in [0.2, 0.25) is 5.91 Å². The van der Waals surface area contributed by atoms with Crippen molar-refractivity contribution in [3.63, 3.8) is 0 Å². The van der Waals surface area contributed by atoms with Crippen LogP contribution in [0, 0.1) is 0 Å². The number of hydrogen-bond donors (Lipinski definition) is 1. The highest BCUT2D eigenvalue weighted by Crippen LogP contribution is 2.27. The van der Waals surface area contributed by atoms with Gasteiger partial charge in [-0.1, -0.05) is 25.1 Å². The molecule has 2 amide bonds. The zero-order valence-electron chi connectivity index (χ0n) is 18.4. The molecule has 1 N–H and O–H groups in total. The number of ether oxygens (including phenoxy) is 3. The van der Waals surface area contributed by atoms with Crippen LogP contribution in [0.15, 0.2) is 53.0 Å². The van der Waals surface area contributed by atoms with Gasteiger partial charge in [0, 0.05) is 18.7 Å². The van der Waals surface area contributed by atoms with Crippen LogP contribution in [0.5, 0.6) is 11.5 Å². The number of rotatable bonds is 10. The fourth-order valence-electron chi connectivity index (χ4n) is 3.34. The predicted molar refractivity (Wildman–Crippen MR) is 125 cm³/mol. The van der Waals surface area contributed by atoms with Crippen molar-refractivity contribution < 1.29 is 28.6 Å². The Morgan fingerprint density at radius 1 is 1.09 bits per heavy atom. The molecular formula is C24H27BrN2O6. The predicted octanol–water partition coefficient (Wildman–Crippen LogP) is 3.19. The molecule has 1 unspecified atom stereocenters. The molecule has 1 fully saturated rings. The molecule has 8 nitrogen and oxygen atoms in total. The maximum Gasteiger partial charge on any atom is 0.308 e. The summed E-state index contributed by atoms with van der Waals surface area (Å²) in [6.45, 7) is 3.43. The summed E-state index contributed by atoms with van der Waals surface area (Å²) in [7, 11) is 0. The van der Waals surface area contributed by atoms with Crippen LogP contribution in [0.2, 0.25) is 0 Å². The summed E-state index contributed by atoms with van der Waals surface area (Å²) in [5.41, 5.74) is 0.398. The number of piperazine rings is 1. The first kappa shape index (κ1) is 24.6. The van der Waals surface area contributed by atoms with Crippen LogP contribution in [-0.2, 0) is 14.3 Å². The molecule has 2 aromatic rings. The number of esters is 1. The van der Waals surface area contributed by atoms with E-state index in [0.29, 0.717) is 41.2 Å². The molecule has 1 aliphatic rings. The molecule has 1 heterocycles. The standard InChI is InChI=1S/C24H27BrN2O6/c1-2-12-32-21-9-8-17(15-19(21)25)24(30)27-11-10-26-23(29)20(27)16-22(28)33-14-13-31-18-6-4-3-5-7-18/h3-9,15,20H,2,10-14,16H2,1H3,(H,26,29). The third kappa shape index (κ3) is 6.95. The Labute approximate surface area is 201 Å². The first-order chi connectivity index (χ1) is 16.0. The summed E-state index contributed by atoms with van der Waals surface area (Å²) < 4.78 is 17.0. The number of halogens is 1. The van der Waals surface area contributed by atoms with E-state index in [1.165, 1.54) is 4.90 Å². The molecule has 0 radical (unpaired) electrons. The molecule has 9 heteroatoms. The molecule has 1 aliphatic heterocycles. The molecule has 0 bridgehead atoms. The van der Waals surface area contributed by atoms with Gasteiger partial charge in [-0.2, -0.15) is 0 Å². The smallest absolute Gasteiger partial charge is 0.308 e. The Morgan fingerprint density at radius 3 is 2.61 bits per heavy atom. The quantitative estimate of drug-likeness (QED) is 0.383. The molecule has 1 saturated heterocycles. The highest BCUT2D eigenvalue weighted by Gasteiger charge is 2.35. The van der Waals surface area contributed by atoms with E-state index in [1.54, 1.807) is 30.3 Å². The van der Waals surface area contributed by atoms with E-state index in [1.807, 2.05) is 25.1 Å². The third-order valence-electron chi connectivity index (χ3n) is 4.95. The average molecular weight is 519 g/mol. The van der Waals surface area contributed by atoms with Gasteiger partial charge in [0.05, 0.1) is 17.5 Å². The van der Waals surface area contributed by atoms with Crippen LogP contribution in [-0.4, -0.2) is 61.6 Å². The van der Waals surface area contributed by atoms with Gasteiger partial charge in [-0.15, -0.1) is 0 Å². The fraction of sp³-hybridized carbons (Fsp3) is 0.375. The summed E-state index contributed by atoms with van der Waals surface area (Å²) in [5, 5.41) is 2.71. The van der Waals surface area contributed by atoms with Gasteiger partial charge < -0.3 is 24.4 Å². The van der Waals surface area contributed by atoms with Gasteiger partial charge in [-0.25, -0.2) is 0 Å². The number of benzene rings is 2. The molecular weight excluding hydrogens is 492 g/mol. The summed E-state index contributed by atoms with van der Waals surface area (Å²) in [4.78, 5) is 39.4. The van der Waals surface area contributed by atoms with Crippen molar-refractivity contribution in [2.75, 3.05) is 32.9 Å². The van der Waals surface area contributed by atoms with Crippen molar-refractivity contribution in [3.8, 4) is 11.5 Å². The van der Waals surface area contributed by atoms with Crippen LogP contribution in [0.1, 0.15) is 30.1 Å². The topological polar surface area (TPSA) is 94.2 Å². The molecule has 0 saturated carbocycles. The normalized spacial score (nSPS) is 15.5. The van der Waals surface area contributed by atoms with Crippen molar-refractivity contribution in [1.29, 1.82) is 0 Å². The van der Waals surface area contributed by atoms with Gasteiger partial charge in [0.1, 0.15) is 30.8 Å². The summed E-state index contributed by atoms with van der Waals surface area (Å²) in [6, 6.07) is 13.3. The summed E-state index contributed by atoms with van der Waals surface area (Å²) >= 11 is 3.43. The van der Waals surface area contributed by atoms with Gasteiger partial charge in [-0.05, 0) is 52.7 Å². The number of para-hydroxylation sites is 1.